The second kappa shape index (κ2) is 134. The molecule has 0 aromatic carbocycles. The summed E-state index contributed by atoms with van der Waals surface area (Å²) in [5.41, 5.74) is 0. The van der Waals surface area contributed by atoms with Crippen LogP contribution in [0.2, 0.25) is 0 Å². The summed E-state index contributed by atoms with van der Waals surface area (Å²) in [5, 5.41) is 0. The first-order valence-electron chi connectivity index (χ1n) is 0. The van der Waals surface area contributed by atoms with Crippen molar-refractivity contribution < 1.29 is 60.7 Å². The van der Waals surface area contributed by atoms with Crippen molar-refractivity contribution in [3.8, 4) is 0 Å². The molecule has 6 heavy (non-hydrogen) atoms. The average molecular weight is 226 g/mol. The molecule has 0 aliphatic carbocycles. The summed E-state index contributed by atoms with van der Waals surface area (Å²) in [6, 6.07) is 0. The molecular formula is H6Cl2O3Ru. The van der Waals surface area contributed by atoms with Crippen LogP contribution in [0.4, 0.5) is 0 Å². The van der Waals surface area contributed by atoms with Gasteiger partial charge >= 0.3 is 19.5 Å². The van der Waals surface area contributed by atoms with E-state index in [0.717, 1.165) is 0 Å². The maximum Gasteiger partial charge on any atom is 2.00 e. The zero-order valence-corrected chi connectivity index (χ0v) is 5.86. The van der Waals surface area contributed by atoms with E-state index in [4.69, 9.17) is 0 Å². The fraction of sp³-hybridized carbons (Fsp3) is 0. The van der Waals surface area contributed by atoms with Crippen LogP contribution in [0.15, 0.2) is 0 Å². The van der Waals surface area contributed by atoms with E-state index in [0.29, 0.717) is 0 Å². The molecule has 0 rings (SSSR count). The van der Waals surface area contributed by atoms with Gasteiger partial charge in [0.25, 0.3) is 0 Å². The number of hydrogen-bond acceptors (Lipinski definition) is 0. The summed E-state index contributed by atoms with van der Waals surface area (Å²) < 4.78 is 0. The molecule has 0 aromatic heterocycles. The molecule has 46 valence electrons. The average Bonchev–Trinajstić information content (AvgIpc) is 0. The number of hydrogen-bond donors (Lipinski definition) is 0. The van der Waals surface area contributed by atoms with Gasteiger partial charge in [-0.3, -0.25) is 0 Å². The van der Waals surface area contributed by atoms with Crippen LogP contribution < -0.4 is 24.8 Å². The fourth-order valence-corrected chi connectivity index (χ4v) is 0. The monoisotopic (exact) mass is 226 g/mol. The van der Waals surface area contributed by atoms with E-state index in [1.807, 2.05) is 0 Å². The molecule has 0 fully saturated rings. The Morgan fingerprint density at radius 3 is 0.500 bits per heavy atom. The maximum atomic E-state index is 0. The molecule has 0 aliphatic rings. The molecule has 0 aromatic rings. The standard InChI is InChI=1S/2ClH.3H2O.Ru/h2*1H;3*1H2;/q;;;;;+2/p-2. The van der Waals surface area contributed by atoms with Crippen LogP contribution in [0.1, 0.15) is 0 Å². The summed E-state index contributed by atoms with van der Waals surface area (Å²) in [4.78, 5) is 0. The van der Waals surface area contributed by atoms with E-state index < -0.39 is 0 Å². The van der Waals surface area contributed by atoms with Crippen LogP contribution in [0, 0.1) is 0 Å². The van der Waals surface area contributed by atoms with Crippen molar-refractivity contribution in [2.24, 2.45) is 0 Å². The van der Waals surface area contributed by atoms with E-state index in [1.54, 1.807) is 0 Å². The van der Waals surface area contributed by atoms with Gasteiger partial charge < -0.3 is 41.2 Å². The van der Waals surface area contributed by atoms with E-state index in [2.05, 4.69) is 0 Å². The molecule has 0 heterocycles. The molecule has 0 unspecified atom stereocenters. The molecule has 0 aliphatic heterocycles. The maximum absolute atomic E-state index is 0. The SMILES string of the molecule is O.O.O.[Cl-].[Cl-].[Ru+2]. The van der Waals surface area contributed by atoms with Crippen LogP contribution in [0.3, 0.4) is 0 Å². The van der Waals surface area contributed by atoms with E-state index >= 15 is 0 Å². The third-order valence-corrected chi connectivity index (χ3v) is 0. The minimum atomic E-state index is 0. The van der Waals surface area contributed by atoms with Gasteiger partial charge in [-0.15, -0.1) is 0 Å². The molecule has 0 bridgehead atoms. The van der Waals surface area contributed by atoms with Gasteiger partial charge in [-0.2, -0.15) is 0 Å². The summed E-state index contributed by atoms with van der Waals surface area (Å²) in [7, 11) is 0. The third kappa shape index (κ3) is 72.2. The fourth-order valence-electron chi connectivity index (χ4n) is 0. The second-order valence-electron chi connectivity index (χ2n) is 0. The Kier molecular flexibility index (Phi) is 4990. The van der Waals surface area contributed by atoms with Crippen LogP contribution in [0.5, 0.6) is 0 Å². The number of halogens is 2. The Bertz CT molecular complexity index is 8.75. The molecule has 0 atom stereocenters. The Labute approximate surface area is 61.0 Å². The second-order valence-corrected chi connectivity index (χ2v) is 0. The van der Waals surface area contributed by atoms with Crippen molar-refractivity contribution in [2.75, 3.05) is 0 Å². The Balaban J connectivity index is 0. The van der Waals surface area contributed by atoms with Crippen molar-refractivity contribution in [1.29, 1.82) is 0 Å². The minimum absolute atomic E-state index is 0. The van der Waals surface area contributed by atoms with E-state index in [-0.39, 0.29) is 60.7 Å². The van der Waals surface area contributed by atoms with Crippen molar-refractivity contribution >= 4 is 0 Å². The van der Waals surface area contributed by atoms with Gasteiger partial charge in [0.1, 0.15) is 0 Å². The summed E-state index contributed by atoms with van der Waals surface area (Å²) in [5.74, 6) is 0. The summed E-state index contributed by atoms with van der Waals surface area (Å²) >= 11 is 0. The minimum Gasteiger partial charge on any atom is -1.00 e. The van der Waals surface area contributed by atoms with Crippen LogP contribution in [-0.2, 0) is 19.5 Å². The summed E-state index contributed by atoms with van der Waals surface area (Å²) in [6.07, 6.45) is 0. The van der Waals surface area contributed by atoms with Gasteiger partial charge in [-0.05, 0) is 0 Å². The van der Waals surface area contributed by atoms with Crippen molar-refractivity contribution in [1.82, 2.24) is 0 Å². The zero-order chi connectivity index (χ0) is 0. The van der Waals surface area contributed by atoms with Gasteiger partial charge in [0.15, 0.2) is 0 Å². The third-order valence-electron chi connectivity index (χ3n) is 0. The first kappa shape index (κ1) is 223. The Morgan fingerprint density at radius 1 is 0.500 bits per heavy atom. The van der Waals surface area contributed by atoms with Crippen molar-refractivity contribution in [2.45, 2.75) is 0 Å². The smallest absolute Gasteiger partial charge is 1.00 e. The van der Waals surface area contributed by atoms with Gasteiger partial charge in [-0.1, -0.05) is 0 Å². The molecule has 0 saturated carbocycles. The molecule has 3 nitrogen and oxygen atoms in total. The molecule has 6 N–H and O–H groups in total. The first-order chi connectivity index (χ1) is 0. The molecule has 0 radical (unpaired) electrons. The van der Waals surface area contributed by atoms with Crippen molar-refractivity contribution in [3.05, 3.63) is 0 Å². The zero-order valence-electron chi connectivity index (χ0n) is 2.61. The van der Waals surface area contributed by atoms with Gasteiger partial charge in [-0.25, -0.2) is 0 Å². The van der Waals surface area contributed by atoms with Crippen LogP contribution in [-0.4, -0.2) is 16.4 Å². The van der Waals surface area contributed by atoms with E-state index in [9.17, 15) is 0 Å². The number of rotatable bonds is 0. The summed E-state index contributed by atoms with van der Waals surface area (Å²) in [6.45, 7) is 0. The molecule has 0 saturated heterocycles. The predicted octanol–water partition coefficient (Wildman–Crippen LogP) is -8.47. The predicted molar refractivity (Wildman–Crippen MR) is 10.8 cm³/mol. The molecule has 6 heteroatoms. The van der Waals surface area contributed by atoms with Crippen molar-refractivity contribution in [3.63, 3.8) is 0 Å². The topological polar surface area (TPSA) is 94.5 Å². The van der Waals surface area contributed by atoms with Gasteiger partial charge in [0, 0.05) is 0 Å². The van der Waals surface area contributed by atoms with Gasteiger partial charge in [0.05, 0.1) is 0 Å². The Morgan fingerprint density at radius 2 is 0.500 bits per heavy atom. The van der Waals surface area contributed by atoms with Crippen LogP contribution >= 0.6 is 0 Å². The quantitative estimate of drug-likeness (QED) is 0.367. The molecular weight excluding hydrogens is 220 g/mol. The Hall–Kier alpha value is 1.08. The van der Waals surface area contributed by atoms with Crippen LogP contribution in [0.25, 0.3) is 0 Å². The van der Waals surface area contributed by atoms with Gasteiger partial charge in [0.2, 0.25) is 0 Å². The molecule has 0 amide bonds. The van der Waals surface area contributed by atoms with E-state index in [1.165, 1.54) is 0 Å². The normalized spacial score (nSPS) is 0. The first-order valence-corrected chi connectivity index (χ1v) is 0. The largest absolute Gasteiger partial charge is 2.00 e. The molecule has 0 spiro atoms.